The van der Waals surface area contributed by atoms with Crippen molar-refractivity contribution in [3.8, 4) is 0 Å². The smallest absolute Gasteiger partial charge is 0.163 e. The Balaban J connectivity index is 0.00000200. The third kappa shape index (κ3) is 5.22. The van der Waals surface area contributed by atoms with Gasteiger partial charge in [-0.1, -0.05) is 17.7 Å². The lowest BCUT2D eigenvalue weighted by atomic mass is 9.97. The average Bonchev–Trinajstić information content (AvgIpc) is 2.40. The average molecular weight is 339 g/mol. The molecule has 0 aromatic heterocycles. The SMILES string of the molecule is C=C(C)C[C@H](c1cccc(F)c1F)N1CCNCC1.Cl.Cl. The van der Waals surface area contributed by atoms with Crippen molar-refractivity contribution >= 4 is 24.8 Å². The lowest BCUT2D eigenvalue weighted by molar-refractivity contribution is 0.168. The van der Waals surface area contributed by atoms with E-state index in [4.69, 9.17) is 0 Å². The molecule has 0 unspecified atom stereocenters. The molecular weight excluding hydrogens is 317 g/mol. The Labute approximate surface area is 137 Å². The van der Waals surface area contributed by atoms with E-state index < -0.39 is 11.6 Å². The largest absolute Gasteiger partial charge is 0.314 e. The van der Waals surface area contributed by atoms with Gasteiger partial charge in [0.1, 0.15) is 0 Å². The Morgan fingerprint density at radius 1 is 1.29 bits per heavy atom. The van der Waals surface area contributed by atoms with Gasteiger partial charge in [-0.3, -0.25) is 4.90 Å². The van der Waals surface area contributed by atoms with Gasteiger partial charge in [0.25, 0.3) is 0 Å². The van der Waals surface area contributed by atoms with Gasteiger partial charge in [0.15, 0.2) is 11.6 Å². The van der Waals surface area contributed by atoms with Gasteiger partial charge in [-0.05, 0) is 19.4 Å². The van der Waals surface area contributed by atoms with Crippen molar-refractivity contribution < 1.29 is 8.78 Å². The highest BCUT2D eigenvalue weighted by Crippen LogP contribution is 2.30. The molecule has 2 nitrogen and oxygen atoms in total. The van der Waals surface area contributed by atoms with E-state index in [-0.39, 0.29) is 30.9 Å². The fourth-order valence-electron chi connectivity index (χ4n) is 2.54. The maximum atomic E-state index is 14.0. The van der Waals surface area contributed by atoms with Gasteiger partial charge >= 0.3 is 0 Å². The van der Waals surface area contributed by atoms with Crippen molar-refractivity contribution in [1.29, 1.82) is 0 Å². The first-order chi connectivity index (χ1) is 9.09. The van der Waals surface area contributed by atoms with E-state index in [2.05, 4.69) is 16.8 Å². The van der Waals surface area contributed by atoms with Crippen LogP contribution in [0.3, 0.4) is 0 Å². The van der Waals surface area contributed by atoms with Crippen LogP contribution in [0.2, 0.25) is 0 Å². The van der Waals surface area contributed by atoms with E-state index in [0.717, 1.165) is 37.8 Å². The van der Waals surface area contributed by atoms with Crippen LogP contribution in [-0.4, -0.2) is 31.1 Å². The molecule has 1 aliphatic rings. The lowest BCUT2D eigenvalue weighted by Crippen LogP contribution is -2.45. The van der Waals surface area contributed by atoms with Gasteiger partial charge in [-0.15, -0.1) is 31.4 Å². The highest BCUT2D eigenvalue weighted by molar-refractivity contribution is 5.85. The summed E-state index contributed by atoms with van der Waals surface area (Å²) in [5, 5.41) is 3.27. The predicted molar refractivity (Wildman–Crippen MR) is 87.5 cm³/mol. The molecule has 120 valence electrons. The summed E-state index contributed by atoms with van der Waals surface area (Å²) in [4.78, 5) is 2.20. The minimum absolute atomic E-state index is 0. The standard InChI is InChI=1S/C15H20F2N2.2ClH/c1-11(2)10-14(19-8-6-18-7-9-19)12-4-3-5-13(16)15(12)17;;/h3-5,14,18H,1,6-10H2,2H3;2*1H/t14-;;/m1../s1. The van der Waals surface area contributed by atoms with E-state index in [9.17, 15) is 8.78 Å². The molecule has 1 heterocycles. The first-order valence-corrected chi connectivity index (χ1v) is 6.62. The number of halogens is 4. The zero-order valence-electron chi connectivity index (χ0n) is 12.1. The maximum absolute atomic E-state index is 14.0. The second-order valence-electron chi connectivity index (χ2n) is 5.11. The van der Waals surface area contributed by atoms with Crippen LogP contribution in [0.15, 0.2) is 30.4 Å². The lowest BCUT2D eigenvalue weighted by Gasteiger charge is -2.35. The maximum Gasteiger partial charge on any atom is 0.163 e. The number of hydrogen-bond donors (Lipinski definition) is 1. The number of rotatable bonds is 4. The van der Waals surface area contributed by atoms with Gasteiger partial charge in [-0.2, -0.15) is 0 Å². The van der Waals surface area contributed by atoms with Crippen LogP contribution in [0.25, 0.3) is 0 Å². The number of benzene rings is 1. The zero-order valence-corrected chi connectivity index (χ0v) is 13.7. The Kier molecular flexibility index (Phi) is 9.06. The van der Waals surface area contributed by atoms with E-state index in [1.54, 1.807) is 12.1 Å². The molecule has 1 N–H and O–H groups in total. The molecule has 0 amide bonds. The fraction of sp³-hybridized carbons (Fsp3) is 0.467. The Bertz CT molecular complexity index is 463. The summed E-state index contributed by atoms with van der Waals surface area (Å²) >= 11 is 0. The molecule has 1 aliphatic heterocycles. The topological polar surface area (TPSA) is 15.3 Å². The highest BCUT2D eigenvalue weighted by atomic mass is 35.5. The molecule has 0 aliphatic carbocycles. The minimum atomic E-state index is -0.778. The van der Waals surface area contributed by atoms with E-state index in [1.807, 2.05) is 6.92 Å². The molecule has 6 heteroatoms. The normalized spacial score (nSPS) is 16.5. The second kappa shape index (κ2) is 9.36. The molecule has 0 spiro atoms. The third-order valence-corrected chi connectivity index (χ3v) is 3.47. The van der Waals surface area contributed by atoms with Crippen molar-refractivity contribution in [2.45, 2.75) is 19.4 Å². The van der Waals surface area contributed by atoms with Crippen molar-refractivity contribution in [2.24, 2.45) is 0 Å². The second-order valence-corrected chi connectivity index (χ2v) is 5.11. The first-order valence-electron chi connectivity index (χ1n) is 6.62. The summed E-state index contributed by atoms with van der Waals surface area (Å²) in [5.74, 6) is -1.51. The molecule has 1 fully saturated rings. The Hall–Kier alpha value is -0.680. The van der Waals surface area contributed by atoms with Crippen LogP contribution in [0.4, 0.5) is 8.78 Å². The summed E-state index contributed by atoms with van der Waals surface area (Å²) < 4.78 is 27.4. The Morgan fingerprint density at radius 2 is 1.90 bits per heavy atom. The molecule has 1 atom stereocenters. The fourth-order valence-corrected chi connectivity index (χ4v) is 2.54. The molecule has 21 heavy (non-hydrogen) atoms. The van der Waals surface area contributed by atoms with E-state index in [0.29, 0.717) is 12.0 Å². The van der Waals surface area contributed by atoms with Gasteiger partial charge in [0.2, 0.25) is 0 Å². The monoisotopic (exact) mass is 338 g/mol. The van der Waals surface area contributed by atoms with Crippen LogP contribution in [0, 0.1) is 11.6 Å². The van der Waals surface area contributed by atoms with Gasteiger partial charge < -0.3 is 5.32 Å². The van der Waals surface area contributed by atoms with Crippen LogP contribution >= 0.6 is 24.8 Å². The molecular formula is C15H22Cl2F2N2. The number of nitrogens with zero attached hydrogens (tertiary/aromatic N) is 1. The first kappa shape index (κ1) is 20.3. The van der Waals surface area contributed by atoms with Crippen molar-refractivity contribution in [3.63, 3.8) is 0 Å². The quantitative estimate of drug-likeness (QED) is 0.841. The Morgan fingerprint density at radius 3 is 2.48 bits per heavy atom. The molecule has 2 rings (SSSR count). The zero-order chi connectivity index (χ0) is 13.8. The van der Waals surface area contributed by atoms with E-state index in [1.165, 1.54) is 0 Å². The summed E-state index contributed by atoms with van der Waals surface area (Å²) in [7, 11) is 0. The molecule has 0 radical (unpaired) electrons. The molecule has 1 aromatic rings. The van der Waals surface area contributed by atoms with Crippen LogP contribution < -0.4 is 5.32 Å². The summed E-state index contributed by atoms with van der Waals surface area (Å²) in [6.07, 6.45) is 0.653. The molecule has 0 saturated carbocycles. The summed E-state index contributed by atoms with van der Waals surface area (Å²) in [5.41, 5.74) is 1.41. The summed E-state index contributed by atoms with van der Waals surface area (Å²) in [6, 6.07) is 4.28. The van der Waals surface area contributed by atoms with Crippen LogP contribution in [0.1, 0.15) is 24.9 Å². The molecule has 1 aromatic carbocycles. The van der Waals surface area contributed by atoms with Gasteiger partial charge in [-0.25, -0.2) is 8.78 Å². The summed E-state index contributed by atoms with van der Waals surface area (Å²) in [6.45, 7) is 9.27. The van der Waals surface area contributed by atoms with Crippen molar-refractivity contribution in [3.05, 3.63) is 47.5 Å². The third-order valence-electron chi connectivity index (χ3n) is 3.47. The van der Waals surface area contributed by atoms with Crippen LogP contribution in [0.5, 0.6) is 0 Å². The highest BCUT2D eigenvalue weighted by Gasteiger charge is 2.25. The number of nitrogens with one attached hydrogen (secondary N) is 1. The molecule has 0 bridgehead atoms. The number of piperazine rings is 1. The van der Waals surface area contributed by atoms with Gasteiger partial charge in [0, 0.05) is 37.8 Å². The van der Waals surface area contributed by atoms with Crippen molar-refractivity contribution in [2.75, 3.05) is 26.2 Å². The molecule has 1 saturated heterocycles. The number of hydrogen-bond acceptors (Lipinski definition) is 2. The van der Waals surface area contributed by atoms with Crippen LogP contribution in [-0.2, 0) is 0 Å². The van der Waals surface area contributed by atoms with Gasteiger partial charge in [0.05, 0.1) is 0 Å². The van der Waals surface area contributed by atoms with E-state index >= 15 is 0 Å². The predicted octanol–water partition coefficient (Wildman–Crippen LogP) is 3.72. The van der Waals surface area contributed by atoms with Crippen molar-refractivity contribution in [1.82, 2.24) is 10.2 Å². The minimum Gasteiger partial charge on any atom is -0.314 e.